The van der Waals surface area contributed by atoms with E-state index in [0.29, 0.717) is 11.1 Å². The highest BCUT2D eigenvalue weighted by molar-refractivity contribution is 6.08. The third kappa shape index (κ3) is 4.65. The van der Waals surface area contributed by atoms with Gasteiger partial charge in [-0.25, -0.2) is 4.79 Å². The molecule has 7 heteroatoms. The number of aryl methyl sites for hydroxylation is 1. The number of carbonyl (C=O) groups excluding carboxylic acids is 2. The number of carbonyl (C=O) groups is 2. The third-order valence-electron chi connectivity index (χ3n) is 3.30. The Morgan fingerprint density at radius 1 is 1.24 bits per heavy atom. The first-order valence-corrected chi connectivity index (χ1v) is 7.47. The number of amides is 1. The van der Waals surface area contributed by atoms with Crippen molar-refractivity contribution in [3.8, 4) is 5.75 Å². The SMILES string of the molecule is Cc1cc(O)c(C(=O)/C=C/c2ccc(C(=O)NCCO)cc2)c(=O)o1. The zero-order valence-electron chi connectivity index (χ0n) is 13.5. The van der Waals surface area contributed by atoms with Crippen LogP contribution in [0.4, 0.5) is 0 Å². The summed E-state index contributed by atoms with van der Waals surface area (Å²) in [7, 11) is 0. The molecular formula is C18H17NO6. The maximum atomic E-state index is 12.1. The van der Waals surface area contributed by atoms with E-state index in [9.17, 15) is 19.5 Å². The van der Waals surface area contributed by atoms with E-state index in [4.69, 9.17) is 9.52 Å². The molecular weight excluding hydrogens is 326 g/mol. The molecule has 3 N–H and O–H groups in total. The molecule has 1 aromatic carbocycles. The van der Waals surface area contributed by atoms with Gasteiger partial charge in [0.1, 0.15) is 17.1 Å². The lowest BCUT2D eigenvalue weighted by atomic mass is 10.1. The maximum Gasteiger partial charge on any atom is 0.351 e. The summed E-state index contributed by atoms with van der Waals surface area (Å²) >= 11 is 0. The minimum atomic E-state index is -0.900. The number of benzene rings is 1. The molecule has 1 aromatic heterocycles. The normalized spacial score (nSPS) is 10.8. The fourth-order valence-electron chi connectivity index (χ4n) is 2.10. The van der Waals surface area contributed by atoms with Crippen molar-refractivity contribution in [2.75, 3.05) is 13.2 Å². The van der Waals surface area contributed by atoms with Gasteiger partial charge in [0, 0.05) is 18.2 Å². The predicted octanol–water partition coefficient (Wildman–Crippen LogP) is 1.27. The van der Waals surface area contributed by atoms with E-state index in [1.54, 1.807) is 24.3 Å². The smallest absolute Gasteiger partial charge is 0.351 e. The number of hydrogen-bond acceptors (Lipinski definition) is 6. The van der Waals surface area contributed by atoms with Crippen molar-refractivity contribution in [1.82, 2.24) is 5.32 Å². The standard InChI is InChI=1S/C18H17NO6/c1-11-10-15(22)16(18(24)25-11)14(21)7-4-12-2-5-13(6-3-12)17(23)19-8-9-20/h2-7,10,20,22H,8-9H2,1H3,(H,19,23)/b7-4+. The molecule has 1 heterocycles. The zero-order valence-corrected chi connectivity index (χ0v) is 13.5. The van der Waals surface area contributed by atoms with E-state index in [2.05, 4.69) is 5.32 Å². The Bertz CT molecular complexity index is 864. The summed E-state index contributed by atoms with van der Waals surface area (Å²) in [6, 6.07) is 7.57. The van der Waals surface area contributed by atoms with Crippen LogP contribution in [-0.4, -0.2) is 35.1 Å². The zero-order chi connectivity index (χ0) is 18.4. The van der Waals surface area contributed by atoms with Gasteiger partial charge in [-0.3, -0.25) is 9.59 Å². The molecule has 0 radical (unpaired) electrons. The second-order valence-corrected chi connectivity index (χ2v) is 5.20. The number of allylic oxidation sites excluding steroid dienone is 1. The van der Waals surface area contributed by atoms with Crippen molar-refractivity contribution in [2.45, 2.75) is 6.92 Å². The number of aromatic hydroxyl groups is 1. The molecule has 130 valence electrons. The monoisotopic (exact) mass is 343 g/mol. The lowest BCUT2D eigenvalue weighted by Gasteiger charge is -2.03. The average molecular weight is 343 g/mol. The van der Waals surface area contributed by atoms with Crippen molar-refractivity contribution >= 4 is 17.8 Å². The number of ketones is 1. The van der Waals surface area contributed by atoms with Crippen LogP contribution in [0, 0.1) is 6.92 Å². The van der Waals surface area contributed by atoms with Crippen LogP contribution in [-0.2, 0) is 0 Å². The molecule has 25 heavy (non-hydrogen) atoms. The van der Waals surface area contributed by atoms with Crippen LogP contribution in [0.25, 0.3) is 6.08 Å². The van der Waals surface area contributed by atoms with Gasteiger partial charge in [-0.15, -0.1) is 0 Å². The molecule has 0 atom stereocenters. The Morgan fingerprint density at radius 3 is 2.52 bits per heavy atom. The van der Waals surface area contributed by atoms with Gasteiger partial charge in [0.05, 0.1) is 6.61 Å². The first-order chi connectivity index (χ1) is 11.9. The minimum Gasteiger partial charge on any atom is -0.507 e. The molecule has 0 unspecified atom stereocenters. The van der Waals surface area contributed by atoms with Gasteiger partial charge in [-0.05, 0) is 30.7 Å². The van der Waals surface area contributed by atoms with E-state index in [0.717, 1.165) is 6.08 Å². The van der Waals surface area contributed by atoms with Crippen LogP contribution in [0.5, 0.6) is 5.75 Å². The van der Waals surface area contributed by atoms with Crippen molar-refractivity contribution in [3.63, 3.8) is 0 Å². The first kappa shape index (κ1) is 18.2. The summed E-state index contributed by atoms with van der Waals surface area (Å²) < 4.78 is 4.80. The third-order valence-corrected chi connectivity index (χ3v) is 3.30. The Kier molecular flexibility index (Phi) is 5.86. The second-order valence-electron chi connectivity index (χ2n) is 5.20. The predicted molar refractivity (Wildman–Crippen MR) is 90.6 cm³/mol. The van der Waals surface area contributed by atoms with E-state index in [-0.39, 0.29) is 24.8 Å². The Balaban J connectivity index is 2.13. The lowest BCUT2D eigenvalue weighted by molar-refractivity contribution is 0.0944. The molecule has 0 saturated carbocycles. The number of aliphatic hydroxyl groups excluding tert-OH is 1. The summed E-state index contributed by atoms with van der Waals surface area (Å²) in [5.41, 5.74) is -0.290. The van der Waals surface area contributed by atoms with Crippen molar-refractivity contribution in [1.29, 1.82) is 0 Å². The largest absolute Gasteiger partial charge is 0.507 e. The van der Waals surface area contributed by atoms with Crippen LogP contribution >= 0.6 is 0 Å². The van der Waals surface area contributed by atoms with Crippen molar-refractivity contribution in [3.05, 3.63) is 69.3 Å². The number of nitrogens with one attached hydrogen (secondary N) is 1. The highest BCUT2D eigenvalue weighted by Gasteiger charge is 2.15. The van der Waals surface area contributed by atoms with E-state index >= 15 is 0 Å². The van der Waals surface area contributed by atoms with Gasteiger partial charge in [0.15, 0.2) is 5.78 Å². The van der Waals surface area contributed by atoms with Crippen molar-refractivity contribution < 1.29 is 24.2 Å². The Labute approximate surface area is 143 Å². The molecule has 0 aliphatic heterocycles. The summed E-state index contributed by atoms with van der Waals surface area (Å²) in [4.78, 5) is 35.4. The minimum absolute atomic E-state index is 0.144. The highest BCUT2D eigenvalue weighted by Crippen LogP contribution is 2.16. The molecule has 0 spiro atoms. The van der Waals surface area contributed by atoms with Gasteiger partial charge < -0.3 is 19.9 Å². The molecule has 2 aromatic rings. The number of hydrogen-bond donors (Lipinski definition) is 3. The van der Waals surface area contributed by atoms with Gasteiger partial charge in [-0.2, -0.15) is 0 Å². The van der Waals surface area contributed by atoms with E-state index < -0.39 is 22.7 Å². The van der Waals surface area contributed by atoms with Gasteiger partial charge in [0.25, 0.3) is 5.91 Å². The summed E-state index contributed by atoms with van der Waals surface area (Å²) in [6.07, 6.45) is 2.60. The second kappa shape index (κ2) is 8.07. The average Bonchev–Trinajstić information content (AvgIpc) is 2.57. The molecule has 7 nitrogen and oxygen atoms in total. The summed E-state index contributed by atoms with van der Waals surface area (Å²) in [6.45, 7) is 1.51. The molecule has 0 bridgehead atoms. The maximum absolute atomic E-state index is 12.1. The lowest BCUT2D eigenvalue weighted by Crippen LogP contribution is -2.26. The topological polar surface area (TPSA) is 117 Å². The highest BCUT2D eigenvalue weighted by atomic mass is 16.4. The number of aliphatic hydroxyl groups is 1. The molecule has 0 aliphatic rings. The van der Waals surface area contributed by atoms with Gasteiger partial charge >= 0.3 is 5.63 Å². The molecule has 1 amide bonds. The van der Waals surface area contributed by atoms with Crippen molar-refractivity contribution in [2.24, 2.45) is 0 Å². The fourth-order valence-corrected chi connectivity index (χ4v) is 2.10. The van der Waals surface area contributed by atoms with Gasteiger partial charge in [0.2, 0.25) is 0 Å². The van der Waals surface area contributed by atoms with Crippen LogP contribution in [0.1, 0.15) is 32.0 Å². The molecule has 0 aliphatic carbocycles. The van der Waals surface area contributed by atoms with Crippen LogP contribution < -0.4 is 10.9 Å². The summed E-state index contributed by atoms with van der Waals surface area (Å²) in [5, 5.41) is 20.9. The van der Waals surface area contributed by atoms with Crippen LogP contribution in [0.3, 0.4) is 0 Å². The van der Waals surface area contributed by atoms with E-state index in [1.807, 2.05) is 0 Å². The summed E-state index contributed by atoms with van der Waals surface area (Å²) in [5.74, 6) is -1.23. The fraction of sp³-hybridized carbons (Fsp3) is 0.167. The first-order valence-electron chi connectivity index (χ1n) is 7.47. The van der Waals surface area contributed by atoms with Crippen LogP contribution in [0.2, 0.25) is 0 Å². The van der Waals surface area contributed by atoms with Gasteiger partial charge in [-0.1, -0.05) is 18.2 Å². The Hall–Kier alpha value is -3.19. The molecule has 0 saturated heterocycles. The quantitative estimate of drug-likeness (QED) is 0.537. The van der Waals surface area contributed by atoms with E-state index in [1.165, 1.54) is 19.1 Å². The Morgan fingerprint density at radius 2 is 1.92 bits per heavy atom. The number of rotatable bonds is 6. The van der Waals surface area contributed by atoms with Crippen LogP contribution in [0.15, 0.2) is 45.6 Å². The molecule has 2 rings (SSSR count). The molecule has 0 fully saturated rings.